The van der Waals surface area contributed by atoms with Gasteiger partial charge in [-0.2, -0.15) is 0 Å². The van der Waals surface area contributed by atoms with Gasteiger partial charge in [-0.25, -0.2) is 0 Å². The van der Waals surface area contributed by atoms with Gasteiger partial charge in [-0.15, -0.1) is 0 Å². The second-order valence-electron chi connectivity index (χ2n) is 31.3. The molecule has 27 rings (SSSR count). The molecule has 11 saturated carbocycles. The second kappa shape index (κ2) is 11.2. The highest BCUT2D eigenvalue weighted by molar-refractivity contribution is 6.38. The fourth-order valence-electron chi connectivity index (χ4n) is 27.8. The molecular formula is C70H60N6O. The molecule has 16 aliphatic rings. The Morgan fingerprint density at radius 2 is 0.792 bits per heavy atom. The predicted octanol–water partition coefficient (Wildman–Crippen LogP) is 16.6. The van der Waals surface area contributed by atoms with Crippen LogP contribution in [0.1, 0.15) is 214 Å². The van der Waals surface area contributed by atoms with Crippen LogP contribution in [0, 0.1) is 63.6 Å². The zero-order valence-corrected chi connectivity index (χ0v) is 43.7. The van der Waals surface area contributed by atoms with Gasteiger partial charge in [-0.1, -0.05) is 0 Å². The predicted molar refractivity (Wildman–Crippen MR) is 299 cm³/mol. The zero-order chi connectivity index (χ0) is 48.1. The van der Waals surface area contributed by atoms with E-state index in [-0.39, 0.29) is 0 Å². The molecule has 0 N–H and O–H groups in total. The van der Waals surface area contributed by atoms with E-state index in [0.717, 1.165) is 58.5 Å². The maximum absolute atomic E-state index is 8.21. The van der Waals surface area contributed by atoms with Gasteiger partial charge in [0.2, 0.25) is 0 Å². The van der Waals surface area contributed by atoms with Crippen molar-refractivity contribution in [2.45, 2.75) is 169 Å². The van der Waals surface area contributed by atoms with E-state index < -0.39 is 0 Å². The summed E-state index contributed by atoms with van der Waals surface area (Å²) in [6.45, 7) is 0. The number of nitrogens with zero attached hydrogens (tertiary/aromatic N) is 6. The Morgan fingerprint density at radius 1 is 0.364 bits per heavy atom. The molecule has 16 aliphatic carbocycles. The van der Waals surface area contributed by atoms with E-state index in [0.29, 0.717) is 63.6 Å². The molecule has 17 unspecified atom stereocenters. The van der Waals surface area contributed by atoms with Crippen molar-refractivity contribution in [2.24, 2.45) is 63.6 Å². The second-order valence-corrected chi connectivity index (χ2v) is 31.3. The molecule has 17 atom stereocenters. The first-order valence-electron chi connectivity index (χ1n) is 31.8. The van der Waals surface area contributed by atoms with E-state index in [4.69, 9.17) is 24.4 Å². The van der Waals surface area contributed by atoms with Crippen molar-refractivity contribution in [3.05, 3.63) is 81.9 Å². The maximum atomic E-state index is 8.21. The number of hydrogen-bond acceptors (Lipinski definition) is 5. The minimum atomic E-state index is 0.509. The van der Waals surface area contributed by atoms with Crippen molar-refractivity contribution >= 4 is 98.1 Å². The van der Waals surface area contributed by atoms with Crippen LogP contribution in [0.15, 0.2) is 41.3 Å². The molecule has 11 aromatic rings. The van der Waals surface area contributed by atoms with Crippen molar-refractivity contribution in [3.63, 3.8) is 0 Å². The molecule has 376 valence electrons. The first-order chi connectivity index (χ1) is 38.0. The van der Waals surface area contributed by atoms with Gasteiger partial charge in [0.05, 0.1) is 68.7 Å². The number of benzene rings is 2. The van der Waals surface area contributed by atoms with E-state index in [9.17, 15) is 0 Å². The van der Waals surface area contributed by atoms with Crippen molar-refractivity contribution in [1.82, 2.24) is 28.7 Å². The molecule has 11 fully saturated rings. The third-order valence-corrected chi connectivity index (χ3v) is 29.8. The average Bonchev–Trinajstić information content (AvgIpc) is 4.45. The highest BCUT2D eigenvalue weighted by Gasteiger charge is 2.73. The topological polar surface area (TPSA) is 73.5 Å². The number of fused-ring (bicyclic) bond motifs is 34. The van der Waals surface area contributed by atoms with Gasteiger partial charge in [-0.3, -0.25) is 19.9 Å². The van der Waals surface area contributed by atoms with E-state index in [1.54, 1.807) is 22.3 Å². The highest BCUT2D eigenvalue weighted by atomic mass is 16.3. The summed E-state index contributed by atoms with van der Waals surface area (Å²) in [5.41, 5.74) is 24.4. The van der Waals surface area contributed by atoms with Crippen LogP contribution >= 0.6 is 0 Å². The molecule has 9 heterocycles. The number of pyridine rings is 4. The van der Waals surface area contributed by atoms with Crippen molar-refractivity contribution in [2.75, 3.05) is 0 Å². The first kappa shape index (κ1) is 38.1. The molecular weight excluding hydrogens is 941 g/mol. The lowest BCUT2D eigenvalue weighted by molar-refractivity contribution is -0.146. The minimum Gasteiger partial charge on any atom is -0.455 e. The molecule has 77 heavy (non-hydrogen) atoms. The lowest BCUT2D eigenvalue weighted by atomic mass is 9.36. The number of furan rings is 1. The van der Waals surface area contributed by atoms with Crippen LogP contribution in [0.2, 0.25) is 0 Å². The Morgan fingerprint density at radius 3 is 1.38 bits per heavy atom. The standard InChI is InChI=1S/C70H60N6O/c1-26-2-28-3-27(1)5-29(4-26)60-50(28)53-43-15-42-41-16-44-54-47(23-72-61-32-8-37-11-35-6-30(51(54)61)17-68(35,37)19-32)75-48-24-73-62-33-9-38-12-36-7-31(18-69(36,38)20-33)52(62)56(48)58(64(44)75)66(41)77-67(42)59-57-49(76(65(43)59)46(53)22-71-60)25-74-63-34-10-39-13-40-14-45(55(57)63)70(39,40)21-34/h15-16,22-40,45H,1-14,17-21H2. The molecule has 0 amide bonds. The molecule has 7 heteroatoms. The molecule has 0 saturated heterocycles. The van der Waals surface area contributed by atoms with Gasteiger partial charge >= 0.3 is 0 Å². The van der Waals surface area contributed by atoms with Gasteiger partial charge < -0.3 is 13.2 Å². The highest BCUT2D eigenvalue weighted by Crippen LogP contribution is 2.83. The van der Waals surface area contributed by atoms with Crippen LogP contribution in [-0.4, -0.2) is 28.7 Å². The van der Waals surface area contributed by atoms with Gasteiger partial charge in [0.1, 0.15) is 11.2 Å². The Labute approximate surface area is 444 Å². The minimum absolute atomic E-state index is 0.509. The monoisotopic (exact) mass is 1000 g/mol. The van der Waals surface area contributed by atoms with E-state index in [1.807, 2.05) is 0 Å². The van der Waals surface area contributed by atoms with Gasteiger partial charge in [0.25, 0.3) is 0 Å². The van der Waals surface area contributed by atoms with Crippen LogP contribution in [0.4, 0.5) is 0 Å². The molecule has 0 aliphatic heterocycles. The Hall–Kier alpha value is -5.56. The van der Waals surface area contributed by atoms with Crippen molar-refractivity contribution in [3.8, 4) is 0 Å². The first-order valence-corrected chi connectivity index (χ1v) is 31.8. The van der Waals surface area contributed by atoms with Crippen molar-refractivity contribution in [1.29, 1.82) is 0 Å². The van der Waals surface area contributed by atoms with Crippen molar-refractivity contribution < 1.29 is 4.42 Å². The summed E-state index contributed by atoms with van der Waals surface area (Å²) >= 11 is 0. The Bertz CT molecular complexity index is 4860. The normalized spacial score (nSPS) is 43.5. The van der Waals surface area contributed by atoms with Crippen LogP contribution in [0.3, 0.4) is 0 Å². The largest absolute Gasteiger partial charge is 0.455 e. The molecule has 2 aromatic carbocycles. The summed E-state index contributed by atoms with van der Waals surface area (Å²) in [6, 6.07) is 5.44. The van der Waals surface area contributed by atoms with E-state index >= 15 is 0 Å². The fraction of sp³-hybridized carbons (Fsp3) is 0.543. The lowest BCUT2D eigenvalue weighted by Crippen LogP contribution is -2.59. The summed E-state index contributed by atoms with van der Waals surface area (Å²) < 4.78 is 13.6. The third kappa shape index (κ3) is 3.54. The molecule has 9 aromatic heterocycles. The fourth-order valence-corrected chi connectivity index (χ4v) is 27.8. The van der Waals surface area contributed by atoms with Crippen LogP contribution in [0.5, 0.6) is 0 Å². The van der Waals surface area contributed by atoms with Crippen LogP contribution in [0.25, 0.3) is 98.1 Å². The average molecular weight is 1000 g/mol. The van der Waals surface area contributed by atoms with Gasteiger partial charge in [0.15, 0.2) is 0 Å². The molecule has 7 nitrogen and oxygen atoms in total. The van der Waals surface area contributed by atoms with E-state index in [2.05, 4.69) is 45.7 Å². The van der Waals surface area contributed by atoms with Crippen LogP contribution in [-0.2, 0) is 0 Å². The summed E-state index contributed by atoms with van der Waals surface area (Å²) in [6.07, 6.45) is 35.6. The summed E-state index contributed by atoms with van der Waals surface area (Å²) in [5, 5.41) is 14.5. The molecule has 0 radical (unpaired) electrons. The molecule has 3 spiro atoms. The zero-order valence-electron chi connectivity index (χ0n) is 43.7. The lowest BCUT2D eigenvalue weighted by Gasteiger charge is -2.68. The number of rotatable bonds is 0. The number of hydrogen-bond donors (Lipinski definition) is 0. The number of aromatic nitrogens is 6. The van der Waals surface area contributed by atoms with Gasteiger partial charge in [-0.05, 0) is 244 Å². The van der Waals surface area contributed by atoms with E-state index in [1.165, 1.54) is 232 Å². The smallest absolute Gasteiger partial charge is 0.145 e. The summed E-state index contributed by atoms with van der Waals surface area (Å²) in [7, 11) is 0. The summed E-state index contributed by atoms with van der Waals surface area (Å²) in [5.74, 6) is 11.9. The quantitative estimate of drug-likeness (QED) is 0.151. The Balaban J connectivity index is 0.872. The van der Waals surface area contributed by atoms with Gasteiger partial charge in [0, 0.05) is 89.5 Å². The summed E-state index contributed by atoms with van der Waals surface area (Å²) in [4.78, 5) is 22.8. The maximum Gasteiger partial charge on any atom is 0.145 e. The third-order valence-electron chi connectivity index (χ3n) is 29.8. The Kier molecular flexibility index (Phi) is 5.52. The molecule has 12 bridgehead atoms. The van der Waals surface area contributed by atoms with Crippen LogP contribution < -0.4 is 0 Å². The SMILES string of the molecule is c1c2c3cc4c5c6c(ncc5n5c7cnc8c(c7c(c3oc2c2c3c7c(ncc3n3c9cnc%10c(c9c1c23)C1CC2CC3CC%10CC32C1)C1CC2CC3CC7CC23C1)c45)C1CC2CC3CC8CC321)C1CC2CC(C1)CC6C2.